The summed E-state index contributed by atoms with van der Waals surface area (Å²) in [4.78, 5) is 35.7. The predicted molar refractivity (Wildman–Crippen MR) is 250 cm³/mol. The molecule has 14 nitrogen and oxygen atoms in total. The summed E-state index contributed by atoms with van der Waals surface area (Å²) in [6, 6.07) is 0. The molecule has 64 heavy (non-hydrogen) atoms. The number of rotatable bonds is 40. The van der Waals surface area contributed by atoms with Crippen molar-refractivity contribution in [2.75, 3.05) is 13.2 Å². The lowest BCUT2D eigenvalue weighted by molar-refractivity contribution is -0.220. The number of ether oxygens (including phenoxy) is 2. The number of esters is 2. The van der Waals surface area contributed by atoms with Gasteiger partial charge in [-0.25, -0.2) is 4.57 Å². The highest BCUT2D eigenvalue weighted by atomic mass is 31.2. The Kier molecular flexibility index (Phi) is 36.3. The Morgan fingerprint density at radius 3 is 1.50 bits per heavy atom. The third-order valence-electron chi connectivity index (χ3n) is 11.2. The molecule has 0 aliphatic heterocycles. The largest absolute Gasteiger partial charge is 0.472 e. The normalized spacial score (nSPS) is 22.5. The van der Waals surface area contributed by atoms with E-state index in [-0.39, 0.29) is 18.9 Å². The summed E-state index contributed by atoms with van der Waals surface area (Å²) in [5.41, 5.74) is 0. The average molecular weight is 931 g/mol. The number of aliphatic hydroxyl groups is 6. The first-order chi connectivity index (χ1) is 30.8. The molecule has 0 spiro atoms. The van der Waals surface area contributed by atoms with Crippen molar-refractivity contribution in [3.63, 3.8) is 0 Å². The molecule has 0 bridgehead atoms. The zero-order chi connectivity index (χ0) is 47.3. The van der Waals surface area contributed by atoms with Crippen molar-refractivity contribution in [2.24, 2.45) is 0 Å². The molecule has 15 heteroatoms. The van der Waals surface area contributed by atoms with Crippen LogP contribution in [0.15, 0.2) is 48.6 Å². The molecule has 7 N–H and O–H groups in total. The monoisotopic (exact) mass is 931 g/mol. The lowest BCUT2D eigenvalue weighted by Crippen LogP contribution is -2.64. The molecular formula is C49H87O14P. The van der Waals surface area contributed by atoms with Gasteiger partial charge in [0.25, 0.3) is 0 Å². The second kappa shape index (κ2) is 38.8. The number of carbonyl (C=O) groups is 2. The Labute approximate surface area is 384 Å². The number of carbonyl (C=O) groups excluding carboxylic acids is 2. The molecule has 0 aromatic carbocycles. The van der Waals surface area contributed by atoms with Gasteiger partial charge in [0, 0.05) is 12.8 Å². The topological polar surface area (TPSA) is 230 Å². The van der Waals surface area contributed by atoms with Gasteiger partial charge in [-0.05, 0) is 44.9 Å². The predicted octanol–water partition coefficient (Wildman–Crippen LogP) is 8.92. The summed E-state index contributed by atoms with van der Waals surface area (Å²) < 4.78 is 33.5. The molecule has 1 fully saturated rings. The highest BCUT2D eigenvalue weighted by Crippen LogP contribution is 2.47. The van der Waals surface area contributed by atoms with Crippen molar-refractivity contribution in [3.05, 3.63) is 48.6 Å². The van der Waals surface area contributed by atoms with Gasteiger partial charge in [-0.3, -0.25) is 18.6 Å². The van der Waals surface area contributed by atoms with Gasteiger partial charge < -0.3 is 45.0 Å². The van der Waals surface area contributed by atoms with E-state index >= 15 is 0 Å². The number of aliphatic hydroxyl groups excluding tert-OH is 6. The van der Waals surface area contributed by atoms with Crippen LogP contribution in [0.5, 0.6) is 0 Å². The van der Waals surface area contributed by atoms with Crippen molar-refractivity contribution in [3.8, 4) is 0 Å². The molecule has 0 saturated heterocycles. The summed E-state index contributed by atoms with van der Waals surface area (Å²) in [6.45, 7) is 3.11. The van der Waals surface area contributed by atoms with Crippen LogP contribution in [0.2, 0.25) is 0 Å². The molecule has 9 atom stereocenters. The summed E-state index contributed by atoms with van der Waals surface area (Å²) in [6.07, 6.45) is 29.3. The van der Waals surface area contributed by atoms with Gasteiger partial charge in [0.2, 0.25) is 0 Å². The van der Waals surface area contributed by atoms with E-state index in [0.717, 1.165) is 64.2 Å². The minimum atomic E-state index is -5.14. The maximum atomic E-state index is 12.8. The Morgan fingerprint density at radius 1 is 0.547 bits per heavy atom. The first-order valence-electron chi connectivity index (χ1n) is 24.5. The van der Waals surface area contributed by atoms with Crippen LogP contribution < -0.4 is 0 Å². The number of hydrogen-bond donors (Lipinski definition) is 7. The number of allylic oxidation sites excluding steroid dienone is 7. The lowest BCUT2D eigenvalue weighted by atomic mass is 9.85. The van der Waals surface area contributed by atoms with E-state index in [9.17, 15) is 49.7 Å². The second-order valence-corrected chi connectivity index (χ2v) is 18.5. The van der Waals surface area contributed by atoms with Gasteiger partial charge in [-0.1, -0.05) is 178 Å². The van der Waals surface area contributed by atoms with E-state index in [4.69, 9.17) is 18.5 Å². The van der Waals surface area contributed by atoms with E-state index in [0.29, 0.717) is 19.3 Å². The van der Waals surface area contributed by atoms with E-state index in [1.54, 1.807) is 0 Å². The fourth-order valence-electron chi connectivity index (χ4n) is 7.24. The van der Waals surface area contributed by atoms with Crippen LogP contribution in [0.1, 0.15) is 187 Å². The van der Waals surface area contributed by atoms with Gasteiger partial charge in [-0.2, -0.15) is 0 Å². The fraction of sp³-hybridized carbons (Fsp3) is 0.796. The van der Waals surface area contributed by atoms with Crippen molar-refractivity contribution in [2.45, 2.75) is 236 Å². The summed E-state index contributed by atoms with van der Waals surface area (Å²) in [7, 11) is -5.14. The Hall–Kier alpha value is -2.23. The maximum absolute atomic E-state index is 12.8. The van der Waals surface area contributed by atoms with Crippen molar-refractivity contribution in [1.29, 1.82) is 0 Å². The summed E-state index contributed by atoms with van der Waals surface area (Å²) >= 11 is 0. The number of phosphoric ester groups is 1. The first kappa shape index (κ1) is 59.8. The molecule has 0 amide bonds. The van der Waals surface area contributed by atoms with Crippen LogP contribution in [0.3, 0.4) is 0 Å². The highest BCUT2D eigenvalue weighted by molar-refractivity contribution is 7.47. The Bertz CT molecular complexity index is 1320. The second-order valence-electron chi connectivity index (χ2n) is 17.1. The number of hydrogen-bond acceptors (Lipinski definition) is 13. The number of phosphoric acid groups is 1. The van der Waals surface area contributed by atoms with Gasteiger partial charge in [0.1, 0.15) is 43.2 Å². The summed E-state index contributed by atoms with van der Waals surface area (Å²) in [5, 5.41) is 60.0. The van der Waals surface area contributed by atoms with E-state index in [2.05, 4.69) is 38.2 Å². The van der Waals surface area contributed by atoms with Crippen LogP contribution in [-0.2, 0) is 32.7 Å². The molecule has 1 aliphatic carbocycles. The van der Waals surface area contributed by atoms with E-state index in [1.165, 1.54) is 77.0 Å². The SMILES string of the molecule is CCCCCCCCCCCCCCCCCCCC(=O)O[C@H](COC(=O)CCC/C=C\C/C=C\C/C=C\C/C=C\[C@@H](O)CCCC)COP(=O)(O)OC1[C@H](O)[C@H](O)C(O)[C@H](O)[C@H]1O. The molecular weight excluding hydrogens is 843 g/mol. The van der Waals surface area contributed by atoms with Crippen LogP contribution >= 0.6 is 7.82 Å². The molecule has 0 heterocycles. The molecule has 0 radical (unpaired) electrons. The molecule has 372 valence electrons. The lowest BCUT2D eigenvalue weighted by Gasteiger charge is -2.41. The summed E-state index contributed by atoms with van der Waals surface area (Å²) in [5.74, 6) is -1.18. The number of unbranched alkanes of at least 4 members (excludes halogenated alkanes) is 18. The minimum Gasteiger partial charge on any atom is -0.462 e. The van der Waals surface area contributed by atoms with Crippen molar-refractivity contribution in [1.82, 2.24) is 0 Å². The molecule has 1 saturated carbocycles. The van der Waals surface area contributed by atoms with Crippen molar-refractivity contribution < 1.29 is 68.2 Å². The third kappa shape index (κ3) is 30.9. The minimum absolute atomic E-state index is 0.0748. The highest BCUT2D eigenvalue weighted by Gasteiger charge is 2.51. The maximum Gasteiger partial charge on any atom is 0.472 e. The molecule has 0 aromatic heterocycles. The first-order valence-corrected chi connectivity index (χ1v) is 26.0. The Morgan fingerprint density at radius 2 is 0.984 bits per heavy atom. The van der Waals surface area contributed by atoms with E-state index < -0.39 is 75.7 Å². The zero-order valence-corrected chi connectivity index (χ0v) is 40.1. The Balaban J connectivity index is 2.48. The van der Waals surface area contributed by atoms with Crippen LogP contribution in [0, 0.1) is 0 Å². The average Bonchev–Trinajstić information content (AvgIpc) is 3.27. The molecule has 1 rings (SSSR count). The van der Waals surface area contributed by atoms with Gasteiger partial charge >= 0.3 is 19.8 Å². The van der Waals surface area contributed by atoms with Gasteiger partial charge in [-0.15, -0.1) is 0 Å². The fourth-order valence-corrected chi connectivity index (χ4v) is 8.21. The van der Waals surface area contributed by atoms with Gasteiger partial charge in [0.05, 0.1) is 12.7 Å². The molecule has 0 aromatic rings. The van der Waals surface area contributed by atoms with Gasteiger partial charge in [0.15, 0.2) is 6.10 Å². The van der Waals surface area contributed by atoms with E-state index in [1.807, 2.05) is 24.3 Å². The third-order valence-corrected chi connectivity index (χ3v) is 12.2. The molecule has 1 aliphatic rings. The standard InChI is InChI=1S/C49H87O14P/c1-3-5-7-8-9-10-11-12-13-14-15-16-21-24-27-30-33-37-43(52)62-41(39-61-64(58,59)63-49-47(56)45(54)44(53)46(55)48(49)57)38-60-42(51)36-32-29-26-23-20-18-17-19-22-25-28-31-35-40(50)34-6-4-2/h17-18,22-23,25-26,31,35,40-41,44-50,53-57H,3-16,19-21,24,27-30,32-34,36-39H2,1-2H3,(H,58,59)/b18-17-,25-22-,26-23-,35-31-/t40-,41+,44?,45-,46+,47+,48+,49?/m0/s1. The zero-order valence-electron chi connectivity index (χ0n) is 39.2. The van der Waals surface area contributed by atoms with Crippen LogP contribution in [-0.4, -0.2) is 110 Å². The van der Waals surface area contributed by atoms with Crippen molar-refractivity contribution >= 4 is 19.8 Å². The smallest absolute Gasteiger partial charge is 0.462 e. The molecule has 3 unspecified atom stereocenters. The quantitative estimate of drug-likeness (QED) is 0.0132. The van der Waals surface area contributed by atoms with Crippen LogP contribution in [0.4, 0.5) is 0 Å². The van der Waals surface area contributed by atoms with Crippen LogP contribution in [0.25, 0.3) is 0 Å².